The van der Waals surface area contributed by atoms with Crippen LogP contribution in [0.4, 0.5) is 8.78 Å². The Morgan fingerprint density at radius 1 is 1.35 bits per heavy atom. The molecule has 0 radical (unpaired) electrons. The maximum atomic E-state index is 12.4. The van der Waals surface area contributed by atoms with E-state index in [4.69, 9.17) is 0 Å². The molecule has 0 aliphatic heterocycles. The van der Waals surface area contributed by atoms with Gasteiger partial charge in [-0.3, -0.25) is 4.79 Å². The number of halogens is 2. The Kier molecular flexibility index (Phi) is 5.42. The van der Waals surface area contributed by atoms with Gasteiger partial charge < -0.3 is 14.7 Å². The fraction of sp³-hybridized carbons (Fsp3) is 0.385. The van der Waals surface area contributed by atoms with E-state index in [0.29, 0.717) is 0 Å². The van der Waals surface area contributed by atoms with Crippen LogP contribution in [0.15, 0.2) is 24.3 Å². The van der Waals surface area contributed by atoms with E-state index in [1.54, 1.807) is 6.92 Å². The van der Waals surface area contributed by atoms with Crippen molar-refractivity contribution in [2.24, 2.45) is 0 Å². The van der Waals surface area contributed by atoms with Crippen molar-refractivity contribution in [1.29, 1.82) is 0 Å². The summed E-state index contributed by atoms with van der Waals surface area (Å²) >= 11 is 0. The summed E-state index contributed by atoms with van der Waals surface area (Å²) in [5.74, 6) is -2.03. The van der Waals surface area contributed by atoms with Crippen LogP contribution in [0.5, 0.6) is 5.75 Å². The molecule has 1 rings (SSSR count). The molecule has 1 N–H and O–H groups in total. The highest BCUT2D eigenvalue weighted by atomic mass is 19.3. The zero-order valence-corrected chi connectivity index (χ0v) is 11.0. The predicted octanol–water partition coefficient (Wildman–Crippen LogP) is 2.28. The second-order valence-corrected chi connectivity index (χ2v) is 3.96. The van der Waals surface area contributed by atoms with Crippen LogP contribution in [0, 0.1) is 0 Å². The number of carbonyl (C=O) groups excluding carboxylic acids is 1. The number of carboxylic acid groups (broad SMARTS) is 1. The third-order valence-electron chi connectivity index (χ3n) is 2.72. The van der Waals surface area contributed by atoms with Crippen molar-refractivity contribution < 1.29 is 28.2 Å². The fourth-order valence-corrected chi connectivity index (χ4v) is 1.93. The van der Waals surface area contributed by atoms with Gasteiger partial charge in [0.15, 0.2) is 6.04 Å². The topological polar surface area (TPSA) is 66.8 Å². The Balaban J connectivity index is 3.28. The first-order valence-electron chi connectivity index (χ1n) is 5.92. The minimum Gasteiger partial charge on any atom is -0.479 e. The summed E-state index contributed by atoms with van der Waals surface area (Å²) in [5, 5.41) is 9.30. The zero-order valence-electron chi connectivity index (χ0n) is 11.0. The number of para-hydroxylation sites is 1. The normalized spacial score (nSPS) is 12.1. The number of aliphatic carboxylic acids is 1. The smallest absolute Gasteiger partial charge is 0.387 e. The number of amides is 1. The molecule has 1 aromatic carbocycles. The van der Waals surface area contributed by atoms with Crippen molar-refractivity contribution in [3.8, 4) is 5.75 Å². The van der Waals surface area contributed by atoms with Crippen LogP contribution in [0.3, 0.4) is 0 Å². The van der Waals surface area contributed by atoms with Crippen LogP contribution in [0.2, 0.25) is 0 Å². The molecule has 0 aliphatic carbocycles. The molecule has 1 atom stereocenters. The summed E-state index contributed by atoms with van der Waals surface area (Å²) < 4.78 is 29.0. The fourth-order valence-electron chi connectivity index (χ4n) is 1.93. The lowest BCUT2D eigenvalue weighted by Crippen LogP contribution is -2.37. The number of rotatable bonds is 6. The second-order valence-electron chi connectivity index (χ2n) is 3.96. The molecule has 1 amide bonds. The van der Waals surface area contributed by atoms with E-state index in [1.165, 1.54) is 31.2 Å². The Hall–Kier alpha value is -2.18. The number of ether oxygens (including phenoxy) is 1. The summed E-state index contributed by atoms with van der Waals surface area (Å²) in [4.78, 5) is 24.0. The molecule has 0 spiro atoms. The van der Waals surface area contributed by atoms with Crippen molar-refractivity contribution in [2.75, 3.05) is 6.54 Å². The minimum atomic E-state index is -3.07. The maximum Gasteiger partial charge on any atom is 0.387 e. The molecular weight excluding hydrogens is 272 g/mol. The lowest BCUT2D eigenvalue weighted by Gasteiger charge is -2.28. The Labute approximate surface area is 114 Å². The molecule has 0 heterocycles. The number of nitrogens with zero attached hydrogens (tertiary/aromatic N) is 1. The van der Waals surface area contributed by atoms with Crippen molar-refractivity contribution in [2.45, 2.75) is 26.5 Å². The first-order chi connectivity index (χ1) is 9.38. The molecule has 20 heavy (non-hydrogen) atoms. The number of carbonyl (C=O) groups is 2. The molecule has 0 saturated heterocycles. The summed E-state index contributed by atoms with van der Waals surface area (Å²) in [6.07, 6.45) is 0. The molecule has 1 unspecified atom stereocenters. The van der Waals surface area contributed by atoms with Crippen molar-refractivity contribution >= 4 is 11.9 Å². The molecule has 5 nitrogen and oxygen atoms in total. The second kappa shape index (κ2) is 6.83. The highest BCUT2D eigenvalue weighted by Gasteiger charge is 2.31. The predicted molar refractivity (Wildman–Crippen MR) is 66.5 cm³/mol. The number of likely N-dealkylation sites (N-methyl/N-ethyl adjacent to an activating group) is 1. The molecule has 0 fully saturated rings. The number of hydrogen-bond donors (Lipinski definition) is 1. The molecule has 110 valence electrons. The average Bonchev–Trinajstić information content (AvgIpc) is 2.35. The minimum absolute atomic E-state index is 0.0114. The van der Waals surface area contributed by atoms with Crippen LogP contribution in [-0.2, 0) is 9.59 Å². The van der Waals surface area contributed by atoms with Gasteiger partial charge in [-0.15, -0.1) is 0 Å². The van der Waals surface area contributed by atoms with Gasteiger partial charge in [0, 0.05) is 19.0 Å². The van der Waals surface area contributed by atoms with Crippen molar-refractivity contribution in [1.82, 2.24) is 4.90 Å². The molecular formula is C13H15F2NO4. The summed E-state index contributed by atoms with van der Waals surface area (Å²) in [6.45, 7) is -0.114. The number of hydrogen-bond acceptors (Lipinski definition) is 3. The van der Waals surface area contributed by atoms with Gasteiger partial charge in [-0.2, -0.15) is 8.78 Å². The molecule has 0 aliphatic rings. The van der Waals surface area contributed by atoms with Crippen LogP contribution in [0.25, 0.3) is 0 Å². The molecule has 0 bridgehead atoms. The van der Waals surface area contributed by atoms with Crippen LogP contribution in [0.1, 0.15) is 25.5 Å². The Morgan fingerprint density at radius 2 is 1.95 bits per heavy atom. The van der Waals surface area contributed by atoms with E-state index >= 15 is 0 Å². The van der Waals surface area contributed by atoms with Gasteiger partial charge >= 0.3 is 12.6 Å². The SMILES string of the molecule is CCN(C(C)=O)C(C(=O)O)c1ccccc1OC(F)F. The summed E-state index contributed by atoms with van der Waals surface area (Å²) in [7, 11) is 0. The third kappa shape index (κ3) is 3.66. The summed E-state index contributed by atoms with van der Waals surface area (Å²) in [5.41, 5.74) is 0.0114. The van der Waals surface area contributed by atoms with Gasteiger partial charge in [-0.05, 0) is 13.0 Å². The van der Waals surface area contributed by atoms with Crippen LogP contribution < -0.4 is 4.74 Å². The van der Waals surface area contributed by atoms with Crippen molar-refractivity contribution in [3.05, 3.63) is 29.8 Å². The first kappa shape index (κ1) is 15.9. The average molecular weight is 287 g/mol. The number of carboxylic acids is 1. The van der Waals surface area contributed by atoms with Gasteiger partial charge in [0.05, 0.1) is 0 Å². The molecule has 7 heteroatoms. The summed E-state index contributed by atoms with van der Waals surface area (Å²) in [6, 6.07) is 4.17. The first-order valence-corrected chi connectivity index (χ1v) is 5.92. The standard InChI is InChI=1S/C13H15F2NO4/c1-3-16(8(2)17)11(12(18)19)9-6-4-5-7-10(9)20-13(14)15/h4-7,11,13H,3H2,1-2H3,(H,18,19). The van der Waals surface area contributed by atoms with Gasteiger partial charge in [0.25, 0.3) is 0 Å². The Bertz CT molecular complexity index is 493. The molecule has 1 aromatic rings. The van der Waals surface area contributed by atoms with E-state index in [-0.39, 0.29) is 17.9 Å². The molecule has 0 aromatic heterocycles. The largest absolute Gasteiger partial charge is 0.479 e. The van der Waals surface area contributed by atoms with E-state index in [2.05, 4.69) is 4.74 Å². The quantitative estimate of drug-likeness (QED) is 0.871. The zero-order chi connectivity index (χ0) is 15.3. The maximum absolute atomic E-state index is 12.4. The Morgan fingerprint density at radius 3 is 2.40 bits per heavy atom. The number of alkyl halides is 2. The van der Waals surface area contributed by atoms with Crippen molar-refractivity contribution in [3.63, 3.8) is 0 Å². The van der Waals surface area contributed by atoms with Gasteiger partial charge in [-0.25, -0.2) is 4.79 Å². The monoisotopic (exact) mass is 287 g/mol. The van der Waals surface area contributed by atoms with E-state index in [1.807, 2.05) is 0 Å². The highest BCUT2D eigenvalue weighted by molar-refractivity contribution is 5.84. The third-order valence-corrected chi connectivity index (χ3v) is 2.72. The molecule has 0 saturated carbocycles. The van der Waals surface area contributed by atoms with Gasteiger partial charge in [0.1, 0.15) is 5.75 Å². The number of benzene rings is 1. The van der Waals surface area contributed by atoms with Crippen LogP contribution in [-0.4, -0.2) is 35.0 Å². The van der Waals surface area contributed by atoms with Gasteiger partial charge in [-0.1, -0.05) is 18.2 Å². The van der Waals surface area contributed by atoms with E-state index in [0.717, 1.165) is 4.90 Å². The van der Waals surface area contributed by atoms with Crippen LogP contribution >= 0.6 is 0 Å². The lowest BCUT2D eigenvalue weighted by atomic mass is 10.0. The lowest BCUT2D eigenvalue weighted by molar-refractivity contribution is -0.149. The highest BCUT2D eigenvalue weighted by Crippen LogP contribution is 2.30. The van der Waals surface area contributed by atoms with Gasteiger partial charge in [0.2, 0.25) is 5.91 Å². The van der Waals surface area contributed by atoms with E-state index in [9.17, 15) is 23.5 Å². The van der Waals surface area contributed by atoms with E-state index < -0.39 is 24.5 Å².